The number of amides is 1. The number of hydrogen-bond acceptors (Lipinski definition) is 2. The third-order valence-corrected chi connectivity index (χ3v) is 4.40. The van der Waals surface area contributed by atoms with Crippen LogP contribution in [-0.2, 0) is 11.3 Å². The van der Waals surface area contributed by atoms with Crippen LogP contribution in [0.4, 0.5) is 5.69 Å². The van der Waals surface area contributed by atoms with Crippen molar-refractivity contribution in [2.45, 2.75) is 45.6 Å². The van der Waals surface area contributed by atoms with Crippen LogP contribution in [0.15, 0.2) is 24.3 Å². The normalized spacial score (nSPS) is 21.4. The quantitative estimate of drug-likeness (QED) is 0.863. The van der Waals surface area contributed by atoms with Crippen LogP contribution in [0, 0.1) is 11.8 Å². The lowest BCUT2D eigenvalue weighted by Gasteiger charge is -2.26. The van der Waals surface area contributed by atoms with E-state index < -0.39 is 0 Å². The van der Waals surface area contributed by atoms with Gasteiger partial charge in [-0.1, -0.05) is 25.5 Å². The van der Waals surface area contributed by atoms with Gasteiger partial charge < -0.3 is 10.6 Å². The molecule has 1 aliphatic carbocycles. The fourth-order valence-electron chi connectivity index (χ4n) is 2.99. The van der Waals surface area contributed by atoms with E-state index in [0.29, 0.717) is 0 Å². The van der Waals surface area contributed by atoms with Crippen LogP contribution in [0.2, 0.25) is 0 Å². The van der Waals surface area contributed by atoms with E-state index in [4.69, 9.17) is 0 Å². The topological polar surface area (TPSA) is 41.1 Å². The molecule has 0 aliphatic heterocycles. The summed E-state index contributed by atoms with van der Waals surface area (Å²) < 4.78 is 0. The van der Waals surface area contributed by atoms with Crippen LogP contribution in [0.25, 0.3) is 0 Å². The Balaban J connectivity index is 0.00000220. The third-order valence-electron chi connectivity index (χ3n) is 4.40. The van der Waals surface area contributed by atoms with E-state index in [1.807, 2.05) is 19.2 Å². The molecule has 0 atom stereocenters. The molecule has 1 amide bonds. The Morgan fingerprint density at radius 1 is 1.14 bits per heavy atom. The summed E-state index contributed by atoms with van der Waals surface area (Å²) in [5.41, 5.74) is 2.14. The number of carbonyl (C=O) groups excluding carboxylic acids is 1. The second-order valence-electron chi connectivity index (χ2n) is 5.84. The van der Waals surface area contributed by atoms with Crippen LogP contribution in [-0.4, -0.2) is 13.0 Å². The van der Waals surface area contributed by atoms with Crippen LogP contribution in [0.5, 0.6) is 0 Å². The fourth-order valence-corrected chi connectivity index (χ4v) is 2.99. The molecular weight excluding hydrogens is 284 g/mol. The van der Waals surface area contributed by atoms with E-state index in [2.05, 4.69) is 29.7 Å². The van der Waals surface area contributed by atoms with E-state index >= 15 is 0 Å². The van der Waals surface area contributed by atoms with Crippen molar-refractivity contribution in [2.75, 3.05) is 12.4 Å². The monoisotopic (exact) mass is 310 g/mol. The van der Waals surface area contributed by atoms with Gasteiger partial charge in [-0.15, -0.1) is 12.4 Å². The summed E-state index contributed by atoms with van der Waals surface area (Å²) in [5, 5.41) is 6.17. The first kappa shape index (κ1) is 18.0. The van der Waals surface area contributed by atoms with Gasteiger partial charge in [0.1, 0.15) is 0 Å². The third kappa shape index (κ3) is 5.33. The Kier molecular flexibility index (Phi) is 7.76. The predicted octanol–water partition coefficient (Wildman–Crippen LogP) is 3.98. The summed E-state index contributed by atoms with van der Waals surface area (Å²) in [4.78, 5) is 12.2. The lowest BCUT2D eigenvalue weighted by Crippen LogP contribution is -2.27. The summed E-state index contributed by atoms with van der Waals surface area (Å²) in [6, 6.07) is 8.09. The molecule has 1 aliphatic rings. The molecule has 0 unspecified atom stereocenters. The van der Waals surface area contributed by atoms with Crippen molar-refractivity contribution in [3.63, 3.8) is 0 Å². The lowest BCUT2D eigenvalue weighted by molar-refractivity contribution is -0.121. The van der Waals surface area contributed by atoms with Gasteiger partial charge in [-0.3, -0.25) is 4.79 Å². The number of anilines is 1. The van der Waals surface area contributed by atoms with Gasteiger partial charge in [0.05, 0.1) is 0 Å². The average Bonchev–Trinajstić information content (AvgIpc) is 2.49. The molecule has 0 heterocycles. The Morgan fingerprint density at radius 2 is 1.76 bits per heavy atom. The molecule has 0 radical (unpaired) electrons. The number of halogens is 1. The number of benzene rings is 1. The molecule has 4 heteroatoms. The molecule has 3 nitrogen and oxygen atoms in total. The molecule has 1 fully saturated rings. The van der Waals surface area contributed by atoms with Crippen molar-refractivity contribution in [1.29, 1.82) is 0 Å². The first-order valence-corrected chi connectivity index (χ1v) is 7.77. The van der Waals surface area contributed by atoms with Gasteiger partial charge in [-0.2, -0.15) is 0 Å². The summed E-state index contributed by atoms with van der Waals surface area (Å²) >= 11 is 0. The Bertz CT molecular complexity index is 425. The van der Waals surface area contributed by atoms with Crippen LogP contribution >= 0.6 is 12.4 Å². The van der Waals surface area contributed by atoms with Crippen LogP contribution < -0.4 is 10.6 Å². The maximum Gasteiger partial charge on any atom is 0.227 e. The van der Waals surface area contributed by atoms with Gasteiger partial charge in [-0.05, 0) is 56.3 Å². The molecule has 1 aromatic rings. The minimum atomic E-state index is 0. The predicted molar refractivity (Wildman–Crippen MR) is 90.8 cm³/mol. The van der Waals surface area contributed by atoms with Gasteiger partial charge in [0.25, 0.3) is 0 Å². The van der Waals surface area contributed by atoms with Crippen molar-refractivity contribution >= 4 is 24.0 Å². The Labute approximate surface area is 134 Å². The number of rotatable bonds is 5. The maximum absolute atomic E-state index is 12.2. The highest BCUT2D eigenvalue weighted by atomic mass is 35.5. The van der Waals surface area contributed by atoms with Crippen molar-refractivity contribution in [3.8, 4) is 0 Å². The zero-order chi connectivity index (χ0) is 14.4. The second kappa shape index (κ2) is 9.06. The first-order chi connectivity index (χ1) is 9.72. The zero-order valence-electron chi connectivity index (χ0n) is 13.0. The van der Waals surface area contributed by atoms with Gasteiger partial charge in [0.2, 0.25) is 5.91 Å². The number of hydrogen-bond donors (Lipinski definition) is 2. The molecule has 1 saturated carbocycles. The highest BCUT2D eigenvalue weighted by molar-refractivity contribution is 5.92. The summed E-state index contributed by atoms with van der Waals surface area (Å²) in [6.45, 7) is 3.10. The Morgan fingerprint density at radius 3 is 2.29 bits per heavy atom. The summed E-state index contributed by atoms with van der Waals surface area (Å²) in [6.07, 6.45) is 5.75. The van der Waals surface area contributed by atoms with E-state index in [1.165, 1.54) is 24.8 Å². The molecule has 2 N–H and O–H groups in total. The van der Waals surface area contributed by atoms with Gasteiger partial charge in [0, 0.05) is 18.2 Å². The standard InChI is InChI=1S/C17H26N2O.ClH/c1-3-13-4-8-15(9-5-13)17(20)19-16-10-6-14(7-11-16)12-18-2;/h6-7,10-11,13,15,18H,3-5,8-9,12H2,1-2H3,(H,19,20);1H. The largest absolute Gasteiger partial charge is 0.326 e. The lowest BCUT2D eigenvalue weighted by atomic mass is 9.80. The van der Waals surface area contributed by atoms with E-state index in [9.17, 15) is 4.79 Å². The molecule has 1 aromatic carbocycles. The summed E-state index contributed by atoms with van der Waals surface area (Å²) in [7, 11) is 1.93. The molecule has 0 aromatic heterocycles. The fraction of sp³-hybridized carbons (Fsp3) is 0.588. The van der Waals surface area contributed by atoms with Gasteiger partial charge in [0.15, 0.2) is 0 Å². The smallest absolute Gasteiger partial charge is 0.227 e. The maximum atomic E-state index is 12.2. The van der Waals surface area contributed by atoms with Crippen molar-refractivity contribution < 1.29 is 4.79 Å². The molecule has 0 saturated heterocycles. The number of carbonyl (C=O) groups is 1. The van der Waals surface area contributed by atoms with Crippen LogP contribution in [0.3, 0.4) is 0 Å². The summed E-state index contributed by atoms with van der Waals surface area (Å²) in [5.74, 6) is 1.23. The minimum Gasteiger partial charge on any atom is -0.326 e. The minimum absolute atomic E-state index is 0. The zero-order valence-corrected chi connectivity index (χ0v) is 13.8. The van der Waals surface area contributed by atoms with E-state index in [1.54, 1.807) is 0 Å². The highest BCUT2D eigenvalue weighted by Crippen LogP contribution is 2.31. The van der Waals surface area contributed by atoms with Crippen molar-refractivity contribution in [2.24, 2.45) is 11.8 Å². The molecule has 0 bridgehead atoms. The molecule has 118 valence electrons. The van der Waals surface area contributed by atoms with E-state index in [-0.39, 0.29) is 24.2 Å². The van der Waals surface area contributed by atoms with E-state index in [0.717, 1.165) is 31.0 Å². The molecule has 0 spiro atoms. The van der Waals surface area contributed by atoms with Crippen LogP contribution in [0.1, 0.15) is 44.6 Å². The van der Waals surface area contributed by atoms with Crippen molar-refractivity contribution in [3.05, 3.63) is 29.8 Å². The Hall–Kier alpha value is -1.06. The second-order valence-corrected chi connectivity index (χ2v) is 5.84. The van der Waals surface area contributed by atoms with Gasteiger partial charge in [-0.25, -0.2) is 0 Å². The highest BCUT2D eigenvalue weighted by Gasteiger charge is 2.25. The van der Waals surface area contributed by atoms with Crippen molar-refractivity contribution in [1.82, 2.24) is 5.32 Å². The SMILES string of the molecule is CCC1CCC(C(=O)Nc2ccc(CNC)cc2)CC1.Cl. The average molecular weight is 311 g/mol. The molecular formula is C17H27ClN2O. The first-order valence-electron chi connectivity index (χ1n) is 7.77. The molecule has 2 rings (SSSR count). The van der Waals surface area contributed by atoms with Gasteiger partial charge >= 0.3 is 0 Å². The molecule has 21 heavy (non-hydrogen) atoms. The number of nitrogens with one attached hydrogen (secondary N) is 2.